The number of ether oxygens (including phenoxy) is 1. The first-order chi connectivity index (χ1) is 16.3. The number of hydrazone groups is 1. The number of benzene rings is 3. The number of carbonyl (C=O) groups excluding carboxylic acids is 3. The highest BCUT2D eigenvalue weighted by molar-refractivity contribution is 6.39. The minimum absolute atomic E-state index is 0.248. The Morgan fingerprint density at radius 1 is 0.882 bits per heavy atom. The zero-order valence-electron chi connectivity index (χ0n) is 18.6. The van der Waals surface area contributed by atoms with Gasteiger partial charge >= 0.3 is 11.8 Å². The molecular weight excluding hydrogens is 456 g/mol. The Kier molecular flexibility index (Phi) is 8.37. The minimum atomic E-state index is -0.922. The standard InChI is InChI=1S/C25H23ClN4O4/c1-16-10-11-21(12-17(16)2)29-24(32)25(33)30-27-14-18-6-3-4-9-22(18)34-15-23(31)28-20-8-5-7-19(26)13-20/h3-14H,15H2,1-2H3,(H,28,31)(H,29,32)(H,30,33)/b27-14-. The highest BCUT2D eigenvalue weighted by atomic mass is 35.5. The first-order valence-electron chi connectivity index (χ1n) is 10.3. The summed E-state index contributed by atoms with van der Waals surface area (Å²) in [4.78, 5) is 36.3. The number of amides is 3. The SMILES string of the molecule is Cc1ccc(NC(=O)C(=O)N/N=C\c2ccccc2OCC(=O)Nc2cccc(Cl)c2)cc1C. The van der Waals surface area contributed by atoms with E-state index >= 15 is 0 Å². The summed E-state index contributed by atoms with van der Waals surface area (Å²) in [5.74, 6) is -1.76. The van der Waals surface area contributed by atoms with Crippen LogP contribution in [0.4, 0.5) is 11.4 Å². The lowest BCUT2D eigenvalue weighted by molar-refractivity contribution is -0.136. The molecule has 3 amide bonds. The lowest BCUT2D eigenvalue weighted by Crippen LogP contribution is -2.32. The molecule has 0 unspecified atom stereocenters. The van der Waals surface area contributed by atoms with Crippen molar-refractivity contribution < 1.29 is 19.1 Å². The van der Waals surface area contributed by atoms with Crippen LogP contribution in [0.15, 0.2) is 71.8 Å². The van der Waals surface area contributed by atoms with Crippen LogP contribution in [-0.2, 0) is 14.4 Å². The number of para-hydroxylation sites is 1. The smallest absolute Gasteiger partial charge is 0.329 e. The zero-order chi connectivity index (χ0) is 24.5. The van der Waals surface area contributed by atoms with Crippen molar-refractivity contribution in [3.63, 3.8) is 0 Å². The Hall–Kier alpha value is -4.17. The molecule has 0 spiro atoms. The molecule has 0 aliphatic heterocycles. The molecule has 0 aliphatic rings. The first kappa shape index (κ1) is 24.5. The number of hydrogen-bond donors (Lipinski definition) is 3. The molecule has 3 aromatic rings. The van der Waals surface area contributed by atoms with E-state index in [0.717, 1.165) is 11.1 Å². The Morgan fingerprint density at radius 3 is 2.41 bits per heavy atom. The molecule has 3 aromatic carbocycles. The van der Waals surface area contributed by atoms with E-state index in [4.69, 9.17) is 16.3 Å². The van der Waals surface area contributed by atoms with Crippen molar-refractivity contribution in [2.24, 2.45) is 5.10 Å². The van der Waals surface area contributed by atoms with Crippen LogP contribution in [0.25, 0.3) is 0 Å². The monoisotopic (exact) mass is 478 g/mol. The molecule has 0 saturated heterocycles. The fourth-order valence-corrected chi connectivity index (χ4v) is 3.03. The third-order valence-corrected chi connectivity index (χ3v) is 4.96. The van der Waals surface area contributed by atoms with Crippen molar-refractivity contribution in [3.05, 3.63) is 88.4 Å². The second-order valence-electron chi connectivity index (χ2n) is 7.34. The van der Waals surface area contributed by atoms with Crippen LogP contribution in [0.2, 0.25) is 5.02 Å². The molecule has 0 atom stereocenters. The number of halogens is 1. The average molecular weight is 479 g/mol. The lowest BCUT2D eigenvalue weighted by Gasteiger charge is -2.10. The summed E-state index contributed by atoms with van der Waals surface area (Å²) in [6.45, 7) is 3.62. The molecule has 3 rings (SSSR count). The fourth-order valence-electron chi connectivity index (χ4n) is 2.84. The maximum atomic E-state index is 12.2. The normalized spacial score (nSPS) is 10.6. The molecule has 0 fully saturated rings. The van der Waals surface area contributed by atoms with Crippen LogP contribution in [0, 0.1) is 13.8 Å². The number of hydrogen-bond acceptors (Lipinski definition) is 5. The molecule has 34 heavy (non-hydrogen) atoms. The number of nitrogens with one attached hydrogen (secondary N) is 3. The van der Waals surface area contributed by atoms with Gasteiger partial charge in [0.25, 0.3) is 5.91 Å². The Labute approximate surface area is 202 Å². The van der Waals surface area contributed by atoms with Gasteiger partial charge in [-0.3, -0.25) is 14.4 Å². The van der Waals surface area contributed by atoms with Crippen LogP contribution in [0.5, 0.6) is 5.75 Å². The maximum Gasteiger partial charge on any atom is 0.329 e. The van der Waals surface area contributed by atoms with Crippen molar-refractivity contribution in [3.8, 4) is 5.75 Å². The van der Waals surface area contributed by atoms with Gasteiger partial charge in [-0.1, -0.05) is 35.9 Å². The van der Waals surface area contributed by atoms with Gasteiger partial charge in [0.15, 0.2) is 6.61 Å². The van der Waals surface area contributed by atoms with E-state index < -0.39 is 11.8 Å². The zero-order valence-corrected chi connectivity index (χ0v) is 19.3. The van der Waals surface area contributed by atoms with Crippen LogP contribution < -0.4 is 20.8 Å². The van der Waals surface area contributed by atoms with E-state index in [1.807, 2.05) is 19.9 Å². The summed E-state index contributed by atoms with van der Waals surface area (Å²) in [6, 6.07) is 18.9. The van der Waals surface area contributed by atoms with Gasteiger partial charge in [0.05, 0.1) is 6.21 Å². The molecule has 0 bridgehead atoms. The van der Waals surface area contributed by atoms with E-state index in [0.29, 0.717) is 27.7 Å². The lowest BCUT2D eigenvalue weighted by atomic mass is 10.1. The van der Waals surface area contributed by atoms with E-state index in [2.05, 4.69) is 21.2 Å². The molecule has 8 nitrogen and oxygen atoms in total. The molecular formula is C25H23ClN4O4. The number of carbonyl (C=O) groups is 3. The Balaban J connectivity index is 1.53. The predicted molar refractivity (Wildman–Crippen MR) is 132 cm³/mol. The summed E-state index contributed by atoms with van der Waals surface area (Å²) in [6.07, 6.45) is 1.32. The molecule has 0 radical (unpaired) electrons. The highest BCUT2D eigenvalue weighted by Gasteiger charge is 2.13. The number of aryl methyl sites for hydroxylation is 2. The van der Waals surface area contributed by atoms with Gasteiger partial charge in [0.1, 0.15) is 5.75 Å². The van der Waals surface area contributed by atoms with Crippen LogP contribution in [0.3, 0.4) is 0 Å². The largest absolute Gasteiger partial charge is 0.483 e. The van der Waals surface area contributed by atoms with Gasteiger partial charge in [0, 0.05) is 22.0 Å². The first-order valence-corrected chi connectivity index (χ1v) is 10.7. The average Bonchev–Trinajstić information content (AvgIpc) is 2.80. The maximum absolute atomic E-state index is 12.2. The molecule has 0 heterocycles. The minimum Gasteiger partial charge on any atom is -0.483 e. The number of rotatable bonds is 7. The second-order valence-corrected chi connectivity index (χ2v) is 7.77. The Bertz CT molecular complexity index is 1240. The van der Waals surface area contributed by atoms with E-state index in [-0.39, 0.29) is 12.5 Å². The van der Waals surface area contributed by atoms with Crippen molar-refractivity contribution in [1.82, 2.24) is 5.43 Å². The van der Waals surface area contributed by atoms with Gasteiger partial charge < -0.3 is 15.4 Å². The molecule has 3 N–H and O–H groups in total. The topological polar surface area (TPSA) is 109 Å². The predicted octanol–water partition coefficient (Wildman–Crippen LogP) is 4.06. The van der Waals surface area contributed by atoms with Crippen LogP contribution >= 0.6 is 11.6 Å². The summed E-state index contributed by atoms with van der Waals surface area (Å²) < 4.78 is 5.58. The Morgan fingerprint density at radius 2 is 1.65 bits per heavy atom. The molecule has 0 aromatic heterocycles. The van der Waals surface area contributed by atoms with Gasteiger partial charge in [-0.15, -0.1) is 0 Å². The highest BCUT2D eigenvalue weighted by Crippen LogP contribution is 2.17. The number of nitrogens with zero attached hydrogens (tertiary/aromatic N) is 1. The van der Waals surface area contributed by atoms with Crippen molar-refractivity contribution in [1.29, 1.82) is 0 Å². The van der Waals surface area contributed by atoms with Crippen molar-refractivity contribution in [2.75, 3.05) is 17.2 Å². The molecule has 0 saturated carbocycles. The van der Waals surface area contributed by atoms with E-state index in [9.17, 15) is 14.4 Å². The van der Waals surface area contributed by atoms with E-state index in [1.165, 1.54) is 6.21 Å². The quantitative estimate of drug-likeness (QED) is 0.270. The second kappa shape index (κ2) is 11.6. The molecule has 174 valence electrons. The van der Waals surface area contributed by atoms with Gasteiger partial charge in [-0.05, 0) is 67.4 Å². The fraction of sp³-hybridized carbons (Fsp3) is 0.120. The summed E-state index contributed by atoms with van der Waals surface area (Å²) in [5, 5.41) is 9.53. The van der Waals surface area contributed by atoms with E-state index in [1.54, 1.807) is 60.7 Å². The van der Waals surface area contributed by atoms with Crippen molar-refractivity contribution in [2.45, 2.75) is 13.8 Å². The van der Waals surface area contributed by atoms with Gasteiger partial charge in [-0.2, -0.15) is 5.10 Å². The van der Waals surface area contributed by atoms with Crippen LogP contribution in [0.1, 0.15) is 16.7 Å². The third-order valence-electron chi connectivity index (χ3n) is 4.73. The number of anilines is 2. The summed E-state index contributed by atoms with van der Waals surface area (Å²) >= 11 is 5.91. The van der Waals surface area contributed by atoms with Gasteiger partial charge in [0.2, 0.25) is 0 Å². The van der Waals surface area contributed by atoms with Crippen molar-refractivity contribution >= 4 is 46.9 Å². The third kappa shape index (κ3) is 7.18. The molecule has 9 heteroatoms. The summed E-state index contributed by atoms with van der Waals surface area (Å²) in [7, 11) is 0. The summed E-state index contributed by atoms with van der Waals surface area (Å²) in [5.41, 5.74) is 5.83. The van der Waals surface area contributed by atoms with Crippen LogP contribution in [-0.4, -0.2) is 30.5 Å². The molecule has 0 aliphatic carbocycles. The van der Waals surface area contributed by atoms with Gasteiger partial charge in [-0.25, -0.2) is 5.43 Å².